The lowest BCUT2D eigenvalue weighted by Crippen LogP contribution is -2.46. The molecule has 0 spiro atoms. The number of hydrogen-bond acceptors (Lipinski definition) is 1. The van der Waals surface area contributed by atoms with E-state index < -0.39 is 4.32 Å². The van der Waals surface area contributed by atoms with E-state index in [0.29, 0.717) is 5.92 Å². The maximum atomic E-state index is 11.8. The minimum absolute atomic E-state index is 0.221. The second-order valence-electron chi connectivity index (χ2n) is 4.47. The first-order valence-electron chi connectivity index (χ1n) is 4.89. The first kappa shape index (κ1) is 11.0. The minimum Gasteiger partial charge on any atom is -0.341 e. The van der Waals surface area contributed by atoms with Gasteiger partial charge in [0.2, 0.25) is 5.91 Å². The summed E-state index contributed by atoms with van der Waals surface area (Å²) < 4.78 is -0.399. The predicted molar refractivity (Wildman–Crippen MR) is 58.0 cm³/mol. The van der Waals surface area contributed by atoms with Crippen molar-refractivity contribution in [3.05, 3.63) is 0 Å². The predicted octanol–water partition coefficient (Wildman–Crippen LogP) is 2.42. The van der Waals surface area contributed by atoms with E-state index >= 15 is 0 Å². The Morgan fingerprint density at radius 1 is 1.54 bits per heavy atom. The number of likely N-dealkylation sites (tertiary alicyclic amines) is 1. The van der Waals surface area contributed by atoms with E-state index in [2.05, 4.69) is 22.9 Å². The van der Waals surface area contributed by atoms with Gasteiger partial charge >= 0.3 is 0 Å². The van der Waals surface area contributed by atoms with E-state index in [0.717, 1.165) is 19.5 Å². The summed E-state index contributed by atoms with van der Waals surface area (Å²) in [6.45, 7) is 7.88. The van der Waals surface area contributed by atoms with Gasteiger partial charge in [-0.15, -0.1) is 0 Å². The van der Waals surface area contributed by atoms with Crippen molar-refractivity contribution in [2.45, 2.75) is 37.9 Å². The molecule has 1 fully saturated rings. The molecular formula is C10H18BrNO. The number of halogens is 1. The second kappa shape index (κ2) is 3.99. The third kappa shape index (κ3) is 2.97. The minimum atomic E-state index is -0.399. The number of carbonyl (C=O) groups excluding carboxylic acids is 1. The molecule has 1 aliphatic rings. The molecule has 0 aromatic rings. The van der Waals surface area contributed by atoms with Crippen LogP contribution >= 0.6 is 15.9 Å². The normalized spacial score (nSPS) is 24.6. The Morgan fingerprint density at radius 3 is 2.62 bits per heavy atom. The van der Waals surface area contributed by atoms with Crippen molar-refractivity contribution in [1.82, 2.24) is 4.90 Å². The summed E-state index contributed by atoms with van der Waals surface area (Å²) in [6, 6.07) is 0. The fraction of sp³-hybridized carbons (Fsp3) is 0.900. The van der Waals surface area contributed by atoms with Crippen molar-refractivity contribution in [2.75, 3.05) is 13.1 Å². The van der Waals surface area contributed by atoms with Crippen molar-refractivity contribution in [3.63, 3.8) is 0 Å². The fourth-order valence-electron chi connectivity index (χ4n) is 1.75. The summed E-state index contributed by atoms with van der Waals surface area (Å²) >= 11 is 3.41. The van der Waals surface area contributed by atoms with Crippen molar-refractivity contribution < 1.29 is 4.79 Å². The SMILES string of the molecule is CC1CCCN(C(=O)C(C)(C)Br)C1. The summed E-state index contributed by atoms with van der Waals surface area (Å²) in [6.07, 6.45) is 2.41. The quantitative estimate of drug-likeness (QED) is 0.652. The number of rotatable bonds is 1. The standard InChI is InChI=1S/C10H18BrNO/c1-8-5-4-6-12(7-8)9(13)10(2,3)11/h8H,4-7H2,1-3H3. The maximum Gasteiger partial charge on any atom is 0.238 e. The summed E-state index contributed by atoms with van der Waals surface area (Å²) in [7, 11) is 0. The van der Waals surface area contributed by atoms with Crippen LogP contribution in [0.5, 0.6) is 0 Å². The molecule has 2 nitrogen and oxygen atoms in total. The molecule has 0 radical (unpaired) electrons. The van der Waals surface area contributed by atoms with Gasteiger partial charge in [-0.05, 0) is 32.6 Å². The molecule has 1 heterocycles. The van der Waals surface area contributed by atoms with Crippen molar-refractivity contribution in [3.8, 4) is 0 Å². The monoisotopic (exact) mass is 247 g/mol. The number of piperidine rings is 1. The highest BCUT2D eigenvalue weighted by molar-refractivity contribution is 9.10. The molecule has 1 saturated heterocycles. The molecule has 0 saturated carbocycles. The fourth-order valence-corrected chi connectivity index (χ4v) is 2.00. The zero-order valence-corrected chi connectivity index (χ0v) is 10.2. The average molecular weight is 248 g/mol. The van der Waals surface area contributed by atoms with Crippen LogP contribution in [0.15, 0.2) is 0 Å². The van der Waals surface area contributed by atoms with Crippen LogP contribution in [-0.2, 0) is 4.79 Å². The Morgan fingerprint density at radius 2 is 2.15 bits per heavy atom. The Kier molecular flexibility index (Phi) is 3.38. The van der Waals surface area contributed by atoms with Crippen LogP contribution in [0.25, 0.3) is 0 Å². The second-order valence-corrected chi connectivity index (χ2v) is 6.45. The van der Waals surface area contributed by atoms with Crippen LogP contribution in [0.1, 0.15) is 33.6 Å². The molecule has 13 heavy (non-hydrogen) atoms. The van der Waals surface area contributed by atoms with Crippen LogP contribution in [0.2, 0.25) is 0 Å². The van der Waals surface area contributed by atoms with Gasteiger partial charge in [-0.1, -0.05) is 22.9 Å². The van der Waals surface area contributed by atoms with Crippen LogP contribution in [0.4, 0.5) is 0 Å². The molecule has 1 rings (SSSR count). The molecule has 1 atom stereocenters. The van der Waals surface area contributed by atoms with E-state index in [-0.39, 0.29) is 5.91 Å². The molecular weight excluding hydrogens is 230 g/mol. The Bertz CT molecular complexity index is 198. The zero-order chi connectivity index (χ0) is 10.1. The van der Waals surface area contributed by atoms with Crippen LogP contribution in [-0.4, -0.2) is 28.2 Å². The number of alkyl halides is 1. The molecule has 0 N–H and O–H groups in total. The highest BCUT2D eigenvalue weighted by Crippen LogP contribution is 2.23. The molecule has 1 amide bonds. The lowest BCUT2D eigenvalue weighted by Gasteiger charge is -2.34. The van der Waals surface area contributed by atoms with E-state index in [1.165, 1.54) is 6.42 Å². The van der Waals surface area contributed by atoms with Gasteiger partial charge in [0.25, 0.3) is 0 Å². The van der Waals surface area contributed by atoms with Gasteiger partial charge in [-0.25, -0.2) is 0 Å². The highest BCUT2D eigenvalue weighted by atomic mass is 79.9. The average Bonchev–Trinajstić information content (AvgIpc) is 2.01. The molecule has 0 bridgehead atoms. The number of nitrogens with zero attached hydrogens (tertiary/aromatic N) is 1. The molecule has 0 aliphatic carbocycles. The van der Waals surface area contributed by atoms with Gasteiger partial charge < -0.3 is 4.90 Å². The van der Waals surface area contributed by atoms with E-state index in [9.17, 15) is 4.79 Å². The zero-order valence-electron chi connectivity index (χ0n) is 8.64. The largest absolute Gasteiger partial charge is 0.341 e. The highest BCUT2D eigenvalue weighted by Gasteiger charge is 2.31. The lowest BCUT2D eigenvalue weighted by molar-refractivity contribution is -0.134. The molecule has 1 aliphatic heterocycles. The maximum absolute atomic E-state index is 11.8. The summed E-state index contributed by atoms with van der Waals surface area (Å²) in [4.78, 5) is 13.8. The summed E-state index contributed by atoms with van der Waals surface area (Å²) in [5, 5.41) is 0. The van der Waals surface area contributed by atoms with Gasteiger partial charge in [0, 0.05) is 13.1 Å². The number of hydrogen-bond donors (Lipinski definition) is 0. The lowest BCUT2D eigenvalue weighted by atomic mass is 9.99. The van der Waals surface area contributed by atoms with Gasteiger partial charge in [-0.2, -0.15) is 0 Å². The third-order valence-corrected chi connectivity index (χ3v) is 2.79. The Balaban J connectivity index is 2.56. The first-order valence-corrected chi connectivity index (χ1v) is 5.69. The first-order chi connectivity index (χ1) is 5.91. The smallest absolute Gasteiger partial charge is 0.238 e. The van der Waals surface area contributed by atoms with E-state index in [1.807, 2.05) is 18.7 Å². The molecule has 0 aromatic heterocycles. The topological polar surface area (TPSA) is 20.3 Å². The van der Waals surface area contributed by atoms with Gasteiger partial charge in [0.05, 0.1) is 4.32 Å². The van der Waals surface area contributed by atoms with Crippen LogP contribution in [0.3, 0.4) is 0 Å². The summed E-state index contributed by atoms with van der Waals surface area (Å²) in [5.74, 6) is 0.881. The van der Waals surface area contributed by atoms with Crippen molar-refractivity contribution >= 4 is 21.8 Å². The van der Waals surface area contributed by atoms with Gasteiger partial charge in [0.1, 0.15) is 0 Å². The van der Waals surface area contributed by atoms with Gasteiger partial charge in [-0.3, -0.25) is 4.79 Å². The van der Waals surface area contributed by atoms with E-state index in [4.69, 9.17) is 0 Å². The third-order valence-electron chi connectivity index (χ3n) is 2.45. The van der Waals surface area contributed by atoms with Crippen molar-refractivity contribution in [1.29, 1.82) is 0 Å². The molecule has 76 valence electrons. The van der Waals surface area contributed by atoms with E-state index in [1.54, 1.807) is 0 Å². The Hall–Kier alpha value is -0.0500. The number of amides is 1. The molecule has 1 unspecified atom stereocenters. The van der Waals surface area contributed by atoms with Gasteiger partial charge in [0.15, 0.2) is 0 Å². The number of carbonyl (C=O) groups is 1. The summed E-state index contributed by atoms with van der Waals surface area (Å²) in [5.41, 5.74) is 0. The molecule has 0 aromatic carbocycles. The molecule has 3 heteroatoms. The van der Waals surface area contributed by atoms with Crippen LogP contribution < -0.4 is 0 Å². The van der Waals surface area contributed by atoms with Crippen molar-refractivity contribution in [2.24, 2.45) is 5.92 Å². The Labute approximate surface area is 88.8 Å². The van der Waals surface area contributed by atoms with Crippen LogP contribution in [0, 0.1) is 5.92 Å².